The number of benzene rings is 1. The predicted molar refractivity (Wildman–Crippen MR) is 94.5 cm³/mol. The quantitative estimate of drug-likeness (QED) is 0.756. The summed E-state index contributed by atoms with van der Waals surface area (Å²) in [5, 5.41) is 13.8. The standard InChI is InChI=1S/C18H17N3O2S/c22-18(23)15(11-6-2-1-3-7-11)21-16-14-12-8-4-5-9-13(12)24-17(14)20-10-19-16/h1-3,6-7,10,15H,4-5,8-9H2,(H,22,23)(H,19,20,21)/t15-/m0/s1. The van der Waals surface area contributed by atoms with Gasteiger partial charge in [0.25, 0.3) is 0 Å². The highest BCUT2D eigenvalue weighted by molar-refractivity contribution is 7.19. The van der Waals surface area contributed by atoms with Crippen LogP contribution in [0.5, 0.6) is 0 Å². The van der Waals surface area contributed by atoms with E-state index in [4.69, 9.17) is 0 Å². The number of rotatable bonds is 4. The van der Waals surface area contributed by atoms with E-state index in [1.807, 2.05) is 30.3 Å². The number of carboxylic acid groups (broad SMARTS) is 1. The summed E-state index contributed by atoms with van der Waals surface area (Å²) >= 11 is 1.71. The number of hydrogen-bond donors (Lipinski definition) is 2. The molecule has 122 valence electrons. The third-order valence-corrected chi connectivity index (χ3v) is 5.61. The number of nitrogens with zero attached hydrogens (tertiary/aromatic N) is 2. The number of carbonyl (C=O) groups is 1. The van der Waals surface area contributed by atoms with Gasteiger partial charge in [0.05, 0.1) is 5.39 Å². The SMILES string of the molecule is O=C(O)[C@@H](Nc1ncnc2sc3c(c12)CCCC3)c1ccccc1. The highest BCUT2D eigenvalue weighted by Crippen LogP contribution is 2.38. The molecular weight excluding hydrogens is 322 g/mol. The maximum absolute atomic E-state index is 11.8. The van der Waals surface area contributed by atoms with Crippen molar-refractivity contribution in [1.82, 2.24) is 9.97 Å². The van der Waals surface area contributed by atoms with E-state index in [0.717, 1.165) is 29.5 Å². The molecule has 0 aliphatic heterocycles. The minimum atomic E-state index is -0.919. The molecule has 2 heterocycles. The molecule has 0 bridgehead atoms. The molecular formula is C18H17N3O2S. The lowest BCUT2D eigenvalue weighted by atomic mass is 9.97. The Hall–Kier alpha value is -2.47. The van der Waals surface area contributed by atoms with Crippen LogP contribution in [0.25, 0.3) is 10.2 Å². The molecule has 0 saturated carbocycles. The highest BCUT2D eigenvalue weighted by atomic mass is 32.1. The molecule has 0 unspecified atom stereocenters. The number of anilines is 1. The van der Waals surface area contributed by atoms with Crippen LogP contribution in [0.15, 0.2) is 36.7 Å². The molecule has 1 aliphatic rings. The number of aliphatic carboxylic acids is 1. The molecule has 1 aliphatic carbocycles. The maximum Gasteiger partial charge on any atom is 0.330 e. The zero-order valence-electron chi connectivity index (χ0n) is 13.0. The number of thiophene rings is 1. The molecule has 2 N–H and O–H groups in total. The van der Waals surface area contributed by atoms with Crippen LogP contribution < -0.4 is 5.32 Å². The van der Waals surface area contributed by atoms with Gasteiger partial charge in [0, 0.05) is 4.88 Å². The lowest BCUT2D eigenvalue weighted by Gasteiger charge is -2.17. The van der Waals surface area contributed by atoms with E-state index in [9.17, 15) is 9.90 Å². The lowest BCUT2D eigenvalue weighted by Crippen LogP contribution is -2.21. The average molecular weight is 339 g/mol. The van der Waals surface area contributed by atoms with Gasteiger partial charge in [-0.1, -0.05) is 30.3 Å². The first-order chi connectivity index (χ1) is 11.7. The Labute approximate surface area is 143 Å². The largest absolute Gasteiger partial charge is 0.479 e. The number of aromatic nitrogens is 2. The summed E-state index contributed by atoms with van der Waals surface area (Å²) in [7, 11) is 0. The smallest absolute Gasteiger partial charge is 0.330 e. The Morgan fingerprint density at radius 3 is 2.75 bits per heavy atom. The molecule has 4 rings (SSSR count). The number of carboxylic acids is 1. The van der Waals surface area contributed by atoms with Crippen molar-refractivity contribution < 1.29 is 9.90 Å². The minimum absolute atomic E-state index is 0.621. The number of hydrogen-bond acceptors (Lipinski definition) is 5. The number of aryl methyl sites for hydroxylation is 2. The summed E-state index contributed by atoms with van der Waals surface area (Å²) in [5.74, 6) is -0.298. The average Bonchev–Trinajstić information content (AvgIpc) is 2.99. The van der Waals surface area contributed by atoms with Crippen molar-refractivity contribution in [3.8, 4) is 0 Å². The first kappa shape index (κ1) is 15.1. The summed E-state index contributed by atoms with van der Waals surface area (Å²) in [6.07, 6.45) is 5.97. The van der Waals surface area contributed by atoms with Crippen molar-refractivity contribution in [1.29, 1.82) is 0 Å². The van der Waals surface area contributed by atoms with Gasteiger partial charge in [0.15, 0.2) is 6.04 Å². The molecule has 24 heavy (non-hydrogen) atoms. The summed E-state index contributed by atoms with van der Waals surface area (Å²) < 4.78 is 0. The van der Waals surface area contributed by atoms with E-state index < -0.39 is 12.0 Å². The third-order valence-electron chi connectivity index (χ3n) is 4.41. The van der Waals surface area contributed by atoms with E-state index in [1.165, 1.54) is 23.2 Å². The third kappa shape index (κ3) is 2.63. The molecule has 0 saturated heterocycles. The van der Waals surface area contributed by atoms with Crippen LogP contribution in [-0.2, 0) is 17.6 Å². The second kappa shape index (κ2) is 6.20. The Morgan fingerprint density at radius 1 is 1.17 bits per heavy atom. The van der Waals surface area contributed by atoms with E-state index in [2.05, 4.69) is 15.3 Å². The van der Waals surface area contributed by atoms with E-state index >= 15 is 0 Å². The fourth-order valence-corrected chi connectivity index (χ4v) is 4.50. The first-order valence-electron chi connectivity index (χ1n) is 8.03. The lowest BCUT2D eigenvalue weighted by molar-refractivity contribution is -0.138. The molecule has 1 aromatic carbocycles. The Morgan fingerprint density at radius 2 is 1.96 bits per heavy atom. The fraction of sp³-hybridized carbons (Fsp3) is 0.278. The minimum Gasteiger partial charge on any atom is -0.479 e. The number of nitrogens with one attached hydrogen (secondary N) is 1. The van der Waals surface area contributed by atoms with Crippen molar-refractivity contribution in [2.75, 3.05) is 5.32 Å². The van der Waals surface area contributed by atoms with Crippen molar-refractivity contribution in [3.63, 3.8) is 0 Å². The van der Waals surface area contributed by atoms with Crippen molar-refractivity contribution in [2.45, 2.75) is 31.7 Å². The summed E-state index contributed by atoms with van der Waals surface area (Å²) in [4.78, 5) is 22.8. The second-order valence-electron chi connectivity index (χ2n) is 5.94. The van der Waals surface area contributed by atoms with Crippen molar-refractivity contribution >= 4 is 33.3 Å². The van der Waals surface area contributed by atoms with E-state index in [1.54, 1.807) is 11.3 Å². The van der Waals surface area contributed by atoms with Crippen LogP contribution in [0.2, 0.25) is 0 Å². The van der Waals surface area contributed by atoms with Gasteiger partial charge in [0.1, 0.15) is 17.0 Å². The molecule has 1 atom stereocenters. The fourth-order valence-electron chi connectivity index (χ4n) is 3.27. The van der Waals surface area contributed by atoms with Crippen molar-refractivity contribution in [3.05, 3.63) is 52.7 Å². The Kier molecular flexibility index (Phi) is 3.90. The van der Waals surface area contributed by atoms with E-state index in [0.29, 0.717) is 11.4 Å². The van der Waals surface area contributed by atoms with Gasteiger partial charge in [-0.15, -0.1) is 11.3 Å². The molecule has 0 amide bonds. The predicted octanol–water partition coefficient (Wildman–Crippen LogP) is 3.81. The molecule has 0 fully saturated rings. The molecule has 0 radical (unpaired) electrons. The normalized spacial score (nSPS) is 15.0. The Balaban J connectivity index is 1.78. The van der Waals surface area contributed by atoms with E-state index in [-0.39, 0.29) is 0 Å². The van der Waals surface area contributed by atoms with Gasteiger partial charge >= 0.3 is 5.97 Å². The zero-order valence-corrected chi connectivity index (χ0v) is 13.8. The second-order valence-corrected chi connectivity index (χ2v) is 7.02. The molecule has 0 spiro atoms. The Bertz CT molecular complexity index is 892. The van der Waals surface area contributed by atoms with Gasteiger partial charge in [-0.3, -0.25) is 0 Å². The van der Waals surface area contributed by atoms with Crippen LogP contribution in [0.1, 0.15) is 34.9 Å². The number of fused-ring (bicyclic) bond motifs is 3. The molecule has 6 heteroatoms. The molecule has 3 aromatic rings. The zero-order chi connectivity index (χ0) is 16.5. The van der Waals surface area contributed by atoms with Crippen molar-refractivity contribution in [2.24, 2.45) is 0 Å². The van der Waals surface area contributed by atoms with Gasteiger partial charge < -0.3 is 10.4 Å². The van der Waals surface area contributed by atoms with Crippen LogP contribution in [0.3, 0.4) is 0 Å². The van der Waals surface area contributed by atoms with Gasteiger partial charge in [0.2, 0.25) is 0 Å². The summed E-state index contributed by atoms with van der Waals surface area (Å²) in [6, 6.07) is 8.36. The highest BCUT2D eigenvalue weighted by Gasteiger charge is 2.24. The van der Waals surface area contributed by atoms with Crippen LogP contribution >= 0.6 is 11.3 Å². The topological polar surface area (TPSA) is 75.1 Å². The maximum atomic E-state index is 11.8. The van der Waals surface area contributed by atoms with Gasteiger partial charge in [-0.05, 0) is 36.8 Å². The molecule has 5 nitrogen and oxygen atoms in total. The van der Waals surface area contributed by atoms with Crippen LogP contribution in [0, 0.1) is 0 Å². The van der Waals surface area contributed by atoms with Gasteiger partial charge in [-0.25, -0.2) is 14.8 Å². The summed E-state index contributed by atoms with van der Waals surface area (Å²) in [6.45, 7) is 0. The monoisotopic (exact) mass is 339 g/mol. The molecule has 2 aromatic heterocycles. The van der Waals surface area contributed by atoms with Crippen LogP contribution in [-0.4, -0.2) is 21.0 Å². The van der Waals surface area contributed by atoms with Gasteiger partial charge in [-0.2, -0.15) is 0 Å². The van der Waals surface area contributed by atoms with Crippen LogP contribution in [0.4, 0.5) is 5.82 Å². The first-order valence-corrected chi connectivity index (χ1v) is 8.85. The summed E-state index contributed by atoms with van der Waals surface area (Å²) in [5.41, 5.74) is 2.00.